The van der Waals surface area contributed by atoms with Crippen LogP contribution in [0.25, 0.3) is 48.3 Å². The first-order chi connectivity index (χ1) is 21.2. The summed E-state index contributed by atoms with van der Waals surface area (Å²) in [6.45, 7) is 6.53. The van der Waals surface area contributed by atoms with Crippen LogP contribution in [-0.4, -0.2) is 6.04 Å². The Balaban J connectivity index is 1.18. The number of hydrogen-bond acceptors (Lipinski definition) is 2. The van der Waals surface area contributed by atoms with Crippen molar-refractivity contribution in [2.45, 2.75) is 18.9 Å². The zero-order chi connectivity index (χ0) is 28.9. The Hall–Kier alpha value is -4.92. The first-order valence-electron chi connectivity index (χ1n) is 14.9. The number of allylic oxidation sites excluding steroid dienone is 1. The van der Waals surface area contributed by atoms with E-state index in [-0.39, 0.29) is 12.0 Å². The van der Waals surface area contributed by atoms with Gasteiger partial charge in [-0.25, -0.2) is 0 Å². The number of para-hydroxylation sites is 2. The van der Waals surface area contributed by atoms with Crippen molar-refractivity contribution in [1.82, 2.24) is 0 Å². The molecule has 0 saturated heterocycles. The third-order valence-corrected chi connectivity index (χ3v) is 10.2. The Morgan fingerprint density at radius 1 is 0.651 bits per heavy atom. The van der Waals surface area contributed by atoms with Crippen LogP contribution in [-0.2, 0) is 0 Å². The number of thiophene rings is 1. The number of fused-ring (bicyclic) bond motifs is 7. The smallest absolute Gasteiger partial charge is 0.0624 e. The maximum Gasteiger partial charge on any atom is 0.0624 e. The van der Waals surface area contributed by atoms with Crippen LogP contribution in [0.5, 0.6) is 0 Å². The van der Waals surface area contributed by atoms with Crippen molar-refractivity contribution in [3.8, 4) is 10.4 Å². The summed E-state index contributed by atoms with van der Waals surface area (Å²) in [5.74, 6) is 0.222. The highest BCUT2D eigenvalue weighted by atomic mass is 32.1. The summed E-state index contributed by atoms with van der Waals surface area (Å²) < 4.78 is 0. The zero-order valence-electron chi connectivity index (χ0n) is 24.1. The fourth-order valence-electron chi connectivity index (χ4n) is 6.95. The Morgan fingerprint density at radius 2 is 1.26 bits per heavy atom. The summed E-state index contributed by atoms with van der Waals surface area (Å²) >= 11 is 1.87. The minimum atomic E-state index is 0.151. The largest absolute Gasteiger partial charge is 0.333 e. The molecule has 0 amide bonds. The second kappa shape index (κ2) is 10.4. The summed E-state index contributed by atoms with van der Waals surface area (Å²) in [5.41, 5.74) is 6.37. The fourth-order valence-corrected chi connectivity index (χ4v) is 7.93. The molecule has 1 nitrogen and oxygen atoms in total. The van der Waals surface area contributed by atoms with Crippen LogP contribution in [0.1, 0.15) is 23.3 Å². The van der Waals surface area contributed by atoms with Gasteiger partial charge in [0.1, 0.15) is 0 Å². The number of anilines is 2. The highest BCUT2D eigenvalue weighted by Gasteiger charge is 2.36. The molecule has 2 heteroatoms. The summed E-state index contributed by atoms with van der Waals surface area (Å²) in [7, 11) is 0. The normalized spacial score (nSPS) is 16.7. The third-order valence-electron chi connectivity index (χ3n) is 8.95. The average Bonchev–Trinajstić information content (AvgIpc) is 3.69. The van der Waals surface area contributed by atoms with Crippen LogP contribution in [0.15, 0.2) is 152 Å². The second-order valence-electron chi connectivity index (χ2n) is 11.4. The standard InChI is InChI=1S/C41H31NS/c1-3-38-37(35-19-11-12-20-39(35)42(38)29-13-5-4-6-14-29)25-27(2)40-23-24-41(43-40)28-21-22-34-32-17-8-7-15-30(32)31-16-9-10-18-33(31)36(34)26-28/h3-26,37-38H,1H2,2H3/b27-25+. The van der Waals surface area contributed by atoms with E-state index >= 15 is 0 Å². The van der Waals surface area contributed by atoms with E-state index in [0.29, 0.717) is 0 Å². The van der Waals surface area contributed by atoms with E-state index in [1.165, 1.54) is 70.1 Å². The molecule has 7 aromatic rings. The molecule has 2 unspecified atom stereocenters. The topological polar surface area (TPSA) is 3.24 Å². The molecule has 0 saturated carbocycles. The molecule has 2 heterocycles. The molecule has 0 spiro atoms. The summed E-state index contributed by atoms with van der Waals surface area (Å²) in [6.07, 6.45) is 4.55. The van der Waals surface area contributed by atoms with Crippen LogP contribution < -0.4 is 4.90 Å². The molecule has 1 aliphatic heterocycles. The summed E-state index contributed by atoms with van der Waals surface area (Å²) in [5, 5.41) is 7.87. The highest BCUT2D eigenvalue weighted by Crippen LogP contribution is 2.47. The van der Waals surface area contributed by atoms with Crippen LogP contribution in [0.4, 0.5) is 11.4 Å². The molecule has 0 fully saturated rings. The molecular formula is C41H31NS. The first-order valence-corrected chi connectivity index (χ1v) is 15.7. The van der Waals surface area contributed by atoms with Gasteiger partial charge in [-0.15, -0.1) is 17.9 Å². The molecule has 0 N–H and O–H groups in total. The van der Waals surface area contributed by atoms with Gasteiger partial charge in [0.2, 0.25) is 0 Å². The molecule has 2 atom stereocenters. The van der Waals surface area contributed by atoms with Crippen LogP contribution in [0.2, 0.25) is 0 Å². The zero-order valence-corrected chi connectivity index (χ0v) is 24.9. The maximum absolute atomic E-state index is 4.27. The van der Waals surface area contributed by atoms with Crippen molar-refractivity contribution in [1.29, 1.82) is 0 Å². The van der Waals surface area contributed by atoms with E-state index in [1.807, 2.05) is 11.3 Å². The summed E-state index contributed by atoms with van der Waals surface area (Å²) in [4.78, 5) is 5.02. The van der Waals surface area contributed by atoms with Gasteiger partial charge in [-0.05, 0) is 92.3 Å². The third kappa shape index (κ3) is 4.21. The van der Waals surface area contributed by atoms with E-state index < -0.39 is 0 Å². The van der Waals surface area contributed by atoms with Crippen molar-refractivity contribution in [3.05, 3.63) is 163 Å². The van der Waals surface area contributed by atoms with Gasteiger partial charge in [0.05, 0.1) is 6.04 Å². The quantitative estimate of drug-likeness (QED) is 0.147. The summed E-state index contributed by atoms with van der Waals surface area (Å²) in [6, 6.07) is 48.7. The number of benzene rings is 6. The minimum Gasteiger partial charge on any atom is -0.333 e. The molecule has 0 aliphatic carbocycles. The lowest BCUT2D eigenvalue weighted by Gasteiger charge is -2.27. The van der Waals surface area contributed by atoms with Crippen LogP contribution in [0.3, 0.4) is 0 Å². The van der Waals surface area contributed by atoms with Gasteiger partial charge in [0.25, 0.3) is 0 Å². The SMILES string of the molecule is C=CC1C(/C=C(\C)c2ccc(-c3ccc4c5ccccc5c5ccccc5c4c3)s2)c2ccccc2N1c1ccccc1. The molecule has 43 heavy (non-hydrogen) atoms. The van der Waals surface area contributed by atoms with E-state index in [1.54, 1.807) is 0 Å². The van der Waals surface area contributed by atoms with E-state index in [4.69, 9.17) is 0 Å². The van der Waals surface area contributed by atoms with Crippen molar-refractivity contribution < 1.29 is 0 Å². The van der Waals surface area contributed by atoms with E-state index in [0.717, 1.165) is 0 Å². The highest BCUT2D eigenvalue weighted by molar-refractivity contribution is 7.16. The number of hydrogen-bond donors (Lipinski definition) is 0. The molecule has 206 valence electrons. The van der Waals surface area contributed by atoms with Crippen LogP contribution >= 0.6 is 11.3 Å². The lowest BCUT2D eigenvalue weighted by Crippen LogP contribution is -2.27. The lowest BCUT2D eigenvalue weighted by atomic mass is 9.92. The maximum atomic E-state index is 4.27. The van der Waals surface area contributed by atoms with Gasteiger partial charge in [0, 0.05) is 27.0 Å². The van der Waals surface area contributed by atoms with Gasteiger partial charge in [0.15, 0.2) is 0 Å². The van der Waals surface area contributed by atoms with Crippen molar-refractivity contribution in [2.75, 3.05) is 4.90 Å². The average molecular weight is 570 g/mol. The molecule has 8 rings (SSSR count). The van der Waals surface area contributed by atoms with Gasteiger partial charge in [-0.3, -0.25) is 0 Å². The van der Waals surface area contributed by atoms with Gasteiger partial charge in [-0.2, -0.15) is 0 Å². The van der Waals surface area contributed by atoms with Crippen molar-refractivity contribution in [3.63, 3.8) is 0 Å². The Morgan fingerprint density at radius 3 is 1.95 bits per heavy atom. The van der Waals surface area contributed by atoms with Gasteiger partial charge in [-0.1, -0.05) is 109 Å². The van der Waals surface area contributed by atoms with Crippen molar-refractivity contribution in [2.24, 2.45) is 0 Å². The number of rotatable bonds is 5. The Bertz CT molecular complexity index is 2150. The molecule has 1 aliphatic rings. The number of nitrogens with zero attached hydrogens (tertiary/aromatic N) is 1. The van der Waals surface area contributed by atoms with Gasteiger partial charge >= 0.3 is 0 Å². The molecule has 1 aromatic heterocycles. The predicted molar refractivity (Wildman–Crippen MR) is 188 cm³/mol. The predicted octanol–water partition coefficient (Wildman–Crippen LogP) is 11.8. The fraction of sp³-hybridized carbons (Fsp3) is 0.0732. The Kier molecular flexibility index (Phi) is 6.24. The van der Waals surface area contributed by atoms with E-state index in [9.17, 15) is 0 Å². The Labute approximate surface area is 256 Å². The monoisotopic (exact) mass is 569 g/mol. The molecular weight excluding hydrogens is 539 g/mol. The molecule has 6 aromatic carbocycles. The molecule has 0 radical (unpaired) electrons. The lowest BCUT2D eigenvalue weighted by molar-refractivity contribution is 0.754. The molecule has 0 bridgehead atoms. The van der Waals surface area contributed by atoms with E-state index in [2.05, 4.69) is 164 Å². The second-order valence-corrected chi connectivity index (χ2v) is 12.5. The van der Waals surface area contributed by atoms with Crippen LogP contribution in [0, 0.1) is 0 Å². The van der Waals surface area contributed by atoms with Crippen molar-refractivity contribution >= 4 is 60.6 Å². The first kappa shape index (κ1) is 25.8. The minimum absolute atomic E-state index is 0.151. The van der Waals surface area contributed by atoms with Gasteiger partial charge < -0.3 is 4.90 Å².